The topological polar surface area (TPSA) is 83.0 Å². The zero-order valence-corrected chi connectivity index (χ0v) is 12.6. The van der Waals surface area contributed by atoms with E-state index < -0.39 is 0 Å². The van der Waals surface area contributed by atoms with Crippen molar-refractivity contribution in [3.63, 3.8) is 0 Å². The fourth-order valence-electron chi connectivity index (χ4n) is 1.95. The number of H-pyrrole nitrogens is 1. The number of nitrogens with zero attached hydrogens (tertiary/aromatic N) is 3. The average molecular weight is 316 g/mol. The van der Waals surface area contributed by atoms with Crippen LogP contribution in [0.15, 0.2) is 47.7 Å². The van der Waals surface area contributed by atoms with Crippen molar-refractivity contribution >= 4 is 35.6 Å². The number of aromatic amines is 1. The lowest BCUT2D eigenvalue weighted by atomic mass is 10.2. The number of pyridine rings is 1. The molecular weight excluding hydrogens is 302 g/mol. The van der Waals surface area contributed by atoms with Crippen LogP contribution in [-0.4, -0.2) is 27.1 Å². The van der Waals surface area contributed by atoms with Crippen molar-refractivity contribution < 1.29 is 4.79 Å². The summed E-state index contributed by atoms with van der Waals surface area (Å²) in [5, 5.41) is 3.89. The first-order valence-electron chi connectivity index (χ1n) is 6.43. The fourth-order valence-corrected chi connectivity index (χ4v) is 1.95. The molecule has 22 heavy (non-hydrogen) atoms. The number of amides is 1. The Bertz CT molecular complexity index is 813. The number of hydrogen-bond acceptors (Lipinski definition) is 4. The van der Waals surface area contributed by atoms with Crippen LogP contribution in [0.25, 0.3) is 11.0 Å². The van der Waals surface area contributed by atoms with Gasteiger partial charge in [-0.25, -0.2) is 10.4 Å². The molecule has 0 spiro atoms. The van der Waals surface area contributed by atoms with E-state index in [1.807, 2.05) is 19.1 Å². The number of rotatable bonds is 3. The summed E-state index contributed by atoms with van der Waals surface area (Å²) >= 11 is 0. The SMILES string of the molecule is Cc1nc2ccc(C(=O)N/N=C/c3ccccn3)cc2[nH]1.Cl. The molecule has 0 aliphatic rings. The number of nitrogens with one attached hydrogen (secondary N) is 2. The van der Waals surface area contributed by atoms with Crippen molar-refractivity contribution in [2.24, 2.45) is 5.10 Å². The smallest absolute Gasteiger partial charge is 0.271 e. The minimum absolute atomic E-state index is 0. The van der Waals surface area contributed by atoms with E-state index in [0.29, 0.717) is 11.3 Å². The summed E-state index contributed by atoms with van der Waals surface area (Å²) in [6.07, 6.45) is 3.16. The molecule has 2 N–H and O–H groups in total. The Hall–Kier alpha value is -2.73. The molecule has 0 saturated carbocycles. The predicted molar refractivity (Wildman–Crippen MR) is 87.4 cm³/mol. The van der Waals surface area contributed by atoms with Gasteiger partial charge in [0.25, 0.3) is 5.91 Å². The van der Waals surface area contributed by atoms with E-state index >= 15 is 0 Å². The molecule has 2 aromatic heterocycles. The molecule has 0 radical (unpaired) electrons. The maximum absolute atomic E-state index is 12.0. The van der Waals surface area contributed by atoms with Gasteiger partial charge in [0.2, 0.25) is 0 Å². The van der Waals surface area contributed by atoms with Gasteiger partial charge < -0.3 is 4.98 Å². The number of hydrogen-bond donors (Lipinski definition) is 2. The molecule has 112 valence electrons. The van der Waals surface area contributed by atoms with Gasteiger partial charge in [-0.05, 0) is 37.3 Å². The molecule has 0 atom stereocenters. The summed E-state index contributed by atoms with van der Waals surface area (Å²) in [4.78, 5) is 23.5. The summed E-state index contributed by atoms with van der Waals surface area (Å²) in [5.74, 6) is 0.534. The number of carbonyl (C=O) groups is 1. The molecule has 1 aromatic carbocycles. The lowest BCUT2D eigenvalue weighted by molar-refractivity contribution is 0.0955. The third-order valence-electron chi connectivity index (χ3n) is 2.91. The Morgan fingerprint density at radius 2 is 2.18 bits per heavy atom. The molecule has 7 heteroatoms. The van der Waals surface area contributed by atoms with E-state index in [-0.39, 0.29) is 18.3 Å². The van der Waals surface area contributed by atoms with Crippen LogP contribution in [0.2, 0.25) is 0 Å². The number of aromatic nitrogens is 3. The predicted octanol–water partition coefficient (Wildman–Crippen LogP) is 2.45. The Balaban J connectivity index is 0.00000176. The third kappa shape index (κ3) is 3.48. The first-order valence-corrected chi connectivity index (χ1v) is 6.43. The molecule has 0 aliphatic heterocycles. The average Bonchev–Trinajstić information content (AvgIpc) is 2.87. The van der Waals surface area contributed by atoms with Crippen LogP contribution >= 0.6 is 12.4 Å². The second-order valence-corrected chi connectivity index (χ2v) is 4.51. The highest BCUT2D eigenvalue weighted by Gasteiger charge is 2.07. The molecule has 0 fully saturated rings. The van der Waals surface area contributed by atoms with Crippen molar-refractivity contribution in [2.45, 2.75) is 6.92 Å². The van der Waals surface area contributed by atoms with Gasteiger partial charge in [-0.3, -0.25) is 9.78 Å². The molecular formula is C15H14ClN5O. The third-order valence-corrected chi connectivity index (χ3v) is 2.91. The molecule has 0 saturated heterocycles. The van der Waals surface area contributed by atoms with E-state index in [9.17, 15) is 4.79 Å². The number of aryl methyl sites for hydroxylation is 1. The van der Waals surface area contributed by atoms with Crippen LogP contribution in [-0.2, 0) is 0 Å². The van der Waals surface area contributed by atoms with E-state index in [1.165, 1.54) is 6.21 Å². The zero-order valence-electron chi connectivity index (χ0n) is 11.8. The van der Waals surface area contributed by atoms with Crippen molar-refractivity contribution in [1.29, 1.82) is 0 Å². The van der Waals surface area contributed by atoms with Crippen molar-refractivity contribution in [2.75, 3.05) is 0 Å². The molecule has 3 rings (SSSR count). The molecule has 1 amide bonds. The van der Waals surface area contributed by atoms with Gasteiger partial charge in [0, 0.05) is 11.8 Å². The van der Waals surface area contributed by atoms with Gasteiger partial charge in [-0.1, -0.05) is 6.07 Å². The Labute approximate surface area is 133 Å². The summed E-state index contributed by atoms with van der Waals surface area (Å²) in [6.45, 7) is 1.87. The summed E-state index contributed by atoms with van der Waals surface area (Å²) in [6, 6.07) is 10.7. The summed E-state index contributed by atoms with van der Waals surface area (Å²) < 4.78 is 0. The lowest BCUT2D eigenvalue weighted by Gasteiger charge is -1.99. The Kier molecular flexibility index (Phi) is 4.85. The maximum Gasteiger partial charge on any atom is 0.271 e. The second-order valence-electron chi connectivity index (χ2n) is 4.51. The molecule has 0 unspecified atom stereocenters. The summed E-state index contributed by atoms with van der Waals surface area (Å²) in [7, 11) is 0. The molecule has 0 bridgehead atoms. The van der Waals surface area contributed by atoms with Gasteiger partial charge in [0.1, 0.15) is 5.82 Å². The number of fused-ring (bicyclic) bond motifs is 1. The van der Waals surface area contributed by atoms with E-state index in [1.54, 1.807) is 30.5 Å². The number of hydrazone groups is 1. The van der Waals surface area contributed by atoms with E-state index in [2.05, 4.69) is 25.5 Å². The normalized spacial score (nSPS) is 10.6. The van der Waals surface area contributed by atoms with Crippen LogP contribution in [0, 0.1) is 6.92 Å². The number of halogens is 1. The quantitative estimate of drug-likeness (QED) is 0.575. The molecule has 3 aromatic rings. The zero-order chi connectivity index (χ0) is 14.7. The van der Waals surface area contributed by atoms with Crippen LogP contribution in [0.5, 0.6) is 0 Å². The van der Waals surface area contributed by atoms with Gasteiger partial charge >= 0.3 is 0 Å². The maximum atomic E-state index is 12.0. The number of imidazole rings is 1. The van der Waals surface area contributed by atoms with E-state index in [4.69, 9.17) is 0 Å². The van der Waals surface area contributed by atoms with Crippen LogP contribution in [0.4, 0.5) is 0 Å². The van der Waals surface area contributed by atoms with Crippen molar-refractivity contribution in [3.05, 3.63) is 59.7 Å². The van der Waals surface area contributed by atoms with Crippen LogP contribution in [0.1, 0.15) is 21.9 Å². The highest BCUT2D eigenvalue weighted by molar-refractivity contribution is 5.97. The molecule has 2 heterocycles. The monoisotopic (exact) mass is 315 g/mol. The van der Waals surface area contributed by atoms with Crippen LogP contribution < -0.4 is 5.43 Å². The second kappa shape index (κ2) is 6.82. The molecule has 0 aliphatic carbocycles. The number of benzene rings is 1. The van der Waals surface area contributed by atoms with Crippen LogP contribution in [0.3, 0.4) is 0 Å². The Morgan fingerprint density at radius 3 is 2.95 bits per heavy atom. The van der Waals surface area contributed by atoms with Gasteiger partial charge in [0.15, 0.2) is 0 Å². The van der Waals surface area contributed by atoms with Crippen molar-refractivity contribution in [3.8, 4) is 0 Å². The van der Waals surface area contributed by atoms with Gasteiger partial charge in [-0.2, -0.15) is 5.10 Å². The Morgan fingerprint density at radius 1 is 1.32 bits per heavy atom. The highest BCUT2D eigenvalue weighted by Crippen LogP contribution is 2.13. The van der Waals surface area contributed by atoms with Gasteiger partial charge in [0.05, 0.1) is 22.9 Å². The summed E-state index contributed by atoms with van der Waals surface area (Å²) in [5.41, 5.74) is 5.33. The van der Waals surface area contributed by atoms with Crippen molar-refractivity contribution in [1.82, 2.24) is 20.4 Å². The first-order chi connectivity index (χ1) is 10.2. The lowest BCUT2D eigenvalue weighted by Crippen LogP contribution is -2.17. The minimum Gasteiger partial charge on any atom is -0.342 e. The van der Waals surface area contributed by atoms with E-state index in [0.717, 1.165) is 16.9 Å². The number of carbonyl (C=O) groups excluding carboxylic acids is 1. The standard InChI is InChI=1S/C15H13N5O.ClH/c1-10-18-13-6-5-11(8-14(13)19-10)15(21)20-17-9-12-4-2-3-7-16-12;/h2-9H,1H3,(H,18,19)(H,20,21);1H/b17-9+;. The molecule has 6 nitrogen and oxygen atoms in total. The van der Waals surface area contributed by atoms with Gasteiger partial charge in [-0.15, -0.1) is 12.4 Å². The fraction of sp³-hybridized carbons (Fsp3) is 0.0667. The largest absolute Gasteiger partial charge is 0.342 e. The minimum atomic E-state index is -0.281. The highest BCUT2D eigenvalue weighted by atomic mass is 35.5. The first kappa shape index (κ1) is 15.7.